The van der Waals surface area contributed by atoms with Crippen molar-refractivity contribution in [1.82, 2.24) is 14.0 Å². The van der Waals surface area contributed by atoms with Gasteiger partial charge in [0.05, 0.1) is 21.9 Å². The molecule has 0 bridgehead atoms. The van der Waals surface area contributed by atoms with E-state index in [0.717, 1.165) is 5.56 Å². The molecule has 0 saturated heterocycles. The first kappa shape index (κ1) is 13.7. The van der Waals surface area contributed by atoms with Gasteiger partial charge in [-0.1, -0.05) is 25.1 Å². The van der Waals surface area contributed by atoms with Crippen LogP contribution in [0.2, 0.25) is 0 Å². The maximum atomic E-state index is 12.9. The van der Waals surface area contributed by atoms with Gasteiger partial charge in [-0.3, -0.25) is 9.59 Å². The molecule has 5 nitrogen and oxygen atoms in total. The molecular weight excluding hydrogens is 290 g/mol. The Balaban J connectivity index is 2.33. The maximum absolute atomic E-state index is 12.9. The zero-order valence-electron chi connectivity index (χ0n) is 12.9. The Morgan fingerprint density at radius 2 is 1.87 bits per heavy atom. The van der Waals surface area contributed by atoms with Crippen molar-refractivity contribution in [3.63, 3.8) is 0 Å². The zero-order valence-corrected chi connectivity index (χ0v) is 12.9. The van der Waals surface area contributed by atoms with Gasteiger partial charge in [0.15, 0.2) is 0 Å². The van der Waals surface area contributed by atoms with Gasteiger partial charge in [0.1, 0.15) is 0 Å². The number of carbonyl (C=O) groups excluding carboxylic acids is 1. The first-order valence-electron chi connectivity index (χ1n) is 7.57. The molecule has 0 saturated carbocycles. The first-order chi connectivity index (χ1) is 11.1. The van der Waals surface area contributed by atoms with Crippen LogP contribution in [0.25, 0.3) is 27.7 Å². The van der Waals surface area contributed by atoms with Gasteiger partial charge < -0.3 is 0 Å². The molecule has 4 rings (SSSR count). The van der Waals surface area contributed by atoms with Crippen LogP contribution in [-0.2, 0) is 0 Å². The van der Waals surface area contributed by atoms with Crippen molar-refractivity contribution in [3.05, 3.63) is 58.4 Å². The van der Waals surface area contributed by atoms with Crippen molar-refractivity contribution in [3.8, 4) is 0 Å². The lowest BCUT2D eigenvalue weighted by Crippen LogP contribution is -2.17. The molecule has 2 aromatic heterocycles. The third-order valence-electron chi connectivity index (χ3n) is 4.12. The van der Waals surface area contributed by atoms with Crippen LogP contribution in [0.5, 0.6) is 0 Å². The van der Waals surface area contributed by atoms with Gasteiger partial charge in [0.2, 0.25) is 11.7 Å². The molecule has 0 radical (unpaired) electrons. The fourth-order valence-corrected chi connectivity index (χ4v) is 3.01. The molecular formula is C18H15N3O2. The normalized spacial score (nSPS) is 11.6. The summed E-state index contributed by atoms with van der Waals surface area (Å²) in [6.07, 6.45) is 0.343. The van der Waals surface area contributed by atoms with Crippen molar-refractivity contribution in [2.45, 2.75) is 20.3 Å². The van der Waals surface area contributed by atoms with Crippen LogP contribution in [0.3, 0.4) is 0 Å². The number of nitrogens with zero attached hydrogens (tertiary/aromatic N) is 3. The molecule has 2 heterocycles. The van der Waals surface area contributed by atoms with Crippen LogP contribution in [-0.4, -0.2) is 19.9 Å². The number of benzene rings is 2. The van der Waals surface area contributed by atoms with E-state index in [4.69, 9.17) is 0 Å². The van der Waals surface area contributed by atoms with E-state index in [2.05, 4.69) is 4.98 Å². The summed E-state index contributed by atoms with van der Waals surface area (Å²) in [5.41, 5.74) is 2.89. The molecule has 0 amide bonds. The van der Waals surface area contributed by atoms with E-state index < -0.39 is 0 Å². The van der Waals surface area contributed by atoms with Crippen LogP contribution >= 0.6 is 0 Å². The Morgan fingerprint density at radius 3 is 2.61 bits per heavy atom. The van der Waals surface area contributed by atoms with Crippen LogP contribution in [0.15, 0.2) is 47.3 Å². The number of aryl methyl sites for hydroxylation is 1. The minimum absolute atomic E-state index is 0.0809. The fraction of sp³-hybridized carbons (Fsp3) is 0.167. The average molecular weight is 305 g/mol. The van der Waals surface area contributed by atoms with Crippen molar-refractivity contribution in [2.75, 3.05) is 0 Å². The fourth-order valence-electron chi connectivity index (χ4n) is 3.01. The number of hydrogen-bond donors (Lipinski definition) is 0. The molecule has 0 aliphatic carbocycles. The Labute approximate surface area is 131 Å². The number of rotatable bonds is 1. The predicted molar refractivity (Wildman–Crippen MR) is 90.1 cm³/mol. The first-order valence-corrected chi connectivity index (χ1v) is 7.57. The quantitative estimate of drug-likeness (QED) is 0.543. The van der Waals surface area contributed by atoms with Crippen LogP contribution in [0.1, 0.15) is 23.7 Å². The van der Waals surface area contributed by atoms with Gasteiger partial charge in [-0.15, -0.1) is 0 Å². The third-order valence-corrected chi connectivity index (χ3v) is 4.12. The average Bonchev–Trinajstić information content (AvgIpc) is 2.88. The molecule has 0 aliphatic heterocycles. The molecule has 4 aromatic rings. The number of carbonyl (C=O) groups is 1. The molecule has 0 spiro atoms. The van der Waals surface area contributed by atoms with Gasteiger partial charge in [0.25, 0.3) is 5.56 Å². The second kappa shape index (κ2) is 4.78. The molecule has 0 atom stereocenters. The highest BCUT2D eigenvalue weighted by atomic mass is 16.2. The lowest BCUT2D eigenvalue weighted by molar-refractivity contribution is 0.0918. The number of para-hydroxylation sites is 2. The van der Waals surface area contributed by atoms with Crippen molar-refractivity contribution < 1.29 is 4.79 Å². The molecule has 0 aliphatic rings. The Bertz CT molecular complexity index is 1150. The summed E-state index contributed by atoms with van der Waals surface area (Å²) in [6, 6.07) is 12.9. The summed E-state index contributed by atoms with van der Waals surface area (Å²) in [7, 11) is 0. The van der Waals surface area contributed by atoms with E-state index in [-0.39, 0.29) is 11.5 Å². The molecule has 0 unspecified atom stereocenters. The van der Waals surface area contributed by atoms with Gasteiger partial charge in [-0.2, -0.15) is 0 Å². The van der Waals surface area contributed by atoms with Gasteiger partial charge in [-0.05, 0) is 36.8 Å². The zero-order chi connectivity index (χ0) is 16.1. The lowest BCUT2D eigenvalue weighted by atomic mass is 10.2. The minimum atomic E-state index is -0.149. The second-order valence-corrected chi connectivity index (χ2v) is 5.64. The van der Waals surface area contributed by atoms with E-state index in [1.165, 1.54) is 4.40 Å². The highest BCUT2D eigenvalue weighted by Gasteiger charge is 2.18. The number of aromatic nitrogens is 3. The molecule has 0 N–H and O–H groups in total. The number of imidazole rings is 1. The summed E-state index contributed by atoms with van der Waals surface area (Å²) >= 11 is 0. The largest absolute Gasteiger partial charge is 0.274 e. The van der Waals surface area contributed by atoms with Crippen LogP contribution in [0.4, 0.5) is 0 Å². The highest BCUT2D eigenvalue weighted by Crippen LogP contribution is 2.21. The SMILES string of the molecule is CCC(=O)n1c2ccccc2n2c(=O)c3ccc(C)cc3nc12. The topological polar surface area (TPSA) is 56.4 Å². The minimum Gasteiger partial charge on any atom is -0.274 e. The molecule has 0 fully saturated rings. The summed E-state index contributed by atoms with van der Waals surface area (Å²) in [6.45, 7) is 3.76. The summed E-state index contributed by atoms with van der Waals surface area (Å²) in [5.74, 6) is 0.295. The Morgan fingerprint density at radius 1 is 1.13 bits per heavy atom. The van der Waals surface area contributed by atoms with Gasteiger partial charge >= 0.3 is 0 Å². The Hall–Kier alpha value is -2.95. The van der Waals surface area contributed by atoms with E-state index in [9.17, 15) is 9.59 Å². The van der Waals surface area contributed by atoms with E-state index in [1.807, 2.05) is 43.3 Å². The maximum Gasteiger partial charge on any atom is 0.267 e. The van der Waals surface area contributed by atoms with Gasteiger partial charge in [0, 0.05) is 6.42 Å². The second-order valence-electron chi connectivity index (χ2n) is 5.64. The summed E-state index contributed by atoms with van der Waals surface area (Å²) in [4.78, 5) is 30.0. The molecule has 5 heteroatoms. The van der Waals surface area contributed by atoms with Crippen molar-refractivity contribution in [1.29, 1.82) is 0 Å². The predicted octanol–water partition coefficient (Wildman–Crippen LogP) is 3.16. The van der Waals surface area contributed by atoms with Crippen molar-refractivity contribution >= 4 is 33.6 Å². The lowest BCUT2D eigenvalue weighted by Gasteiger charge is -2.04. The van der Waals surface area contributed by atoms with Crippen molar-refractivity contribution in [2.24, 2.45) is 0 Å². The van der Waals surface area contributed by atoms with E-state index in [0.29, 0.717) is 34.1 Å². The van der Waals surface area contributed by atoms with E-state index >= 15 is 0 Å². The Kier molecular flexibility index (Phi) is 2.84. The van der Waals surface area contributed by atoms with E-state index in [1.54, 1.807) is 17.6 Å². The molecule has 2 aromatic carbocycles. The van der Waals surface area contributed by atoms with Crippen LogP contribution < -0.4 is 5.56 Å². The summed E-state index contributed by atoms with van der Waals surface area (Å²) in [5, 5.41) is 0.556. The van der Waals surface area contributed by atoms with Gasteiger partial charge in [-0.25, -0.2) is 14.0 Å². The highest BCUT2D eigenvalue weighted by molar-refractivity contribution is 5.96. The third kappa shape index (κ3) is 1.83. The van der Waals surface area contributed by atoms with Crippen LogP contribution in [0, 0.1) is 6.92 Å². The standard InChI is InChI=1S/C18H15N3O2/c1-3-16(22)20-14-6-4-5-7-15(14)21-17(23)12-9-8-11(2)10-13(12)19-18(20)21/h4-10H,3H2,1-2H3. The number of hydrogen-bond acceptors (Lipinski definition) is 3. The number of fused-ring (bicyclic) bond motifs is 4. The summed E-state index contributed by atoms with van der Waals surface area (Å²) < 4.78 is 3.07. The molecule has 23 heavy (non-hydrogen) atoms. The smallest absolute Gasteiger partial charge is 0.267 e. The monoisotopic (exact) mass is 305 g/mol. The molecule has 114 valence electrons.